The van der Waals surface area contributed by atoms with Gasteiger partial charge in [-0.1, -0.05) is 26.0 Å². The normalized spacial score (nSPS) is 21.0. The minimum atomic E-state index is 0.0195. The van der Waals surface area contributed by atoms with Gasteiger partial charge in [-0.15, -0.1) is 0 Å². The van der Waals surface area contributed by atoms with Gasteiger partial charge >= 0.3 is 0 Å². The standard InChI is InChI=1S/C21H34N4OS/c1-5-16(3)19(26)25-18-10-7-9-17(13-18)14-23-20(22-6-2)24-15-21(4)11-8-12-27-21/h7,9-10,13,16H,5-6,8,11-12,14-15H2,1-4H3,(H,25,26)(H2,22,23,24). The molecule has 0 saturated carbocycles. The maximum Gasteiger partial charge on any atom is 0.227 e. The number of guanidine groups is 1. The summed E-state index contributed by atoms with van der Waals surface area (Å²) in [7, 11) is 0. The fourth-order valence-electron chi connectivity index (χ4n) is 2.96. The van der Waals surface area contributed by atoms with Gasteiger partial charge in [0.15, 0.2) is 5.96 Å². The molecule has 1 aromatic carbocycles. The maximum atomic E-state index is 12.1. The summed E-state index contributed by atoms with van der Waals surface area (Å²) < 4.78 is 0.302. The Morgan fingerprint density at radius 1 is 1.33 bits per heavy atom. The lowest BCUT2D eigenvalue weighted by Crippen LogP contribution is -2.43. The van der Waals surface area contributed by atoms with Crippen LogP contribution in [-0.2, 0) is 11.3 Å². The van der Waals surface area contributed by atoms with E-state index in [0.717, 1.165) is 36.7 Å². The predicted molar refractivity (Wildman–Crippen MR) is 117 cm³/mol. The van der Waals surface area contributed by atoms with Gasteiger partial charge < -0.3 is 16.0 Å². The number of hydrogen-bond acceptors (Lipinski definition) is 3. The van der Waals surface area contributed by atoms with Crippen molar-refractivity contribution in [3.05, 3.63) is 29.8 Å². The van der Waals surface area contributed by atoms with Crippen molar-refractivity contribution >= 4 is 29.3 Å². The highest BCUT2D eigenvalue weighted by molar-refractivity contribution is 8.00. The molecule has 1 fully saturated rings. The van der Waals surface area contributed by atoms with Crippen molar-refractivity contribution < 1.29 is 4.79 Å². The Morgan fingerprint density at radius 2 is 2.15 bits per heavy atom. The third-order valence-corrected chi connectivity index (χ3v) is 6.49. The van der Waals surface area contributed by atoms with Crippen LogP contribution in [0.3, 0.4) is 0 Å². The molecule has 0 radical (unpaired) electrons. The summed E-state index contributed by atoms with van der Waals surface area (Å²) in [6.45, 7) is 10.7. The number of rotatable bonds is 8. The number of carbonyl (C=O) groups is 1. The highest BCUT2D eigenvalue weighted by Crippen LogP contribution is 2.36. The molecule has 0 bridgehead atoms. The summed E-state index contributed by atoms with van der Waals surface area (Å²) in [5.74, 6) is 2.18. The van der Waals surface area contributed by atoms with Crippen molar-refractivity contribution in [3.63, 3.8) is 0 Å². The number of amides is 1. The molecule has 0 spiro atoms. The molecule has 5 nitrogen and oxygen atoms in total. The molecular formula is C21H34N4OS. The molecular weight excluding hydrogens is 356 g/mol. The number of anilines is 1. The molecule has 0 aliphatic carbocycles. The van der Waals surface area contributed by atoms with Crippen LogP contribution in [0.4, 0.5) is 5.69 Å². The smallest absolute Gasteiger partial charge is 0.227 e. The lowest BCUT2D eigenvalue weighted by molar-refractivity contribution is -0.119. The first-order valence-electron chi connectivity index (χ1n) is 10.0. The predicted octanol–water partition coefficient (Wildman–Crippen LogP) is 4.01. The molecule has 1 heterocycles. The number of aliphatic imine (C=N–C) groups is 1. The van der Waals surface area contributed by atoms with Crippen LogP contribution in [0.2, 0.25) is 0 Å². The van der Waals surface area contributed by atoms with Gasteiger partial charge in [-0.05, 0) is 56.6 Å². The van der Waals surface area contributed by atoms with E-state index in [2.05, 4.69) is 29.8 Å². The number of nitrogens with zero attached hydrogens (tertiary/aromatic N) is 1. The third kappa shape index (κ3) is 7.09. The first kappa shape index (κ1) is 21.6. The summed E-state index contributed by atoms with van der Waals surface area (Å²) in [5, 5.41) is 9.81. The Bertz CT molecular complexity index is 641. The van der Waals surface area contributed by atoms with Crippen molar-refractivity contribution in [2.75, 3.05) is 24.2 Å². The van der Waals surface area contributed by atoms with Crippen molar-refractivity contribution in [2.24, 2.45) is 10.9 Å². The molecule has 6 heteroatoms. The van der Waals surface area contributed by atoms with E-state index in [1.165, 1.54) is 18.6 Å². The molecule has 3 N–H and O–H groups in total. The molecule has 2 rings (SSSR count). The van der Waals surface area contributed by atoms with Crippen LogP contribution in [0.25, 0.3) is 0 Å². The fraction of sp³-hybridized carbons (Fsp3) is 0.619. The van der Waals surface area contributed by atoms with Crippen LogP contribution in [-0.4, -0.2) is 35.5 Å². The van der Waals surface area contributed by atoms with Gasteiger partial charge in [0.05, 0.1) is 6.54 Å². The average Bonchev–Trinajstić information content (AvgIpc) is 3.10. The Kier molecular flexibility index (Phi) is 8.48. The molecule has 1 aromatic rings. The van der Waals surface area contributed by atoms with Gasteiger partial charge in [-0.25, -0.2) is 4.99 Å². The van der Waals surface area contributed by atoms with Gasteiger partial charge in [-0.2, -0.15) is 11.8 Å². The highest BCUT2D eigenvalue weighted by Gasteiger charge is 2.29. The Morgan fingerprint density at radius 3 is 2.81 bits per heavy atom. The van der Waals surface area contributed by atoms with Crippen LogP contribution in [0.5, 0.6) is 0 Å². The van der Waals surface area contributed by atoms with E-state index in [4.69, 9.17) is 4.99 Å². The largest absolute Gasteiger partial charge is 0.357 e. The second-order valence-corrected chi connectivity index (χ2v) is 9.13. The van der Waals surface area contributed by atoms with Crippen LogP contribution in [0.1, 0.15) is 52.5 Å². The lowest BCUT2D eigenvalue weighted by Gasteiger charge is -2.24. The van der Waals surface area contributed by atoms with Gasteiger partial charge in [0.25, 0.3) is 0 Å². The molecule has 150 valence electrons. The molecule has 2 unspecified atom stereocenters. The first-order valence-corrected chi connectivity index (χ1v) is 11.0. The zero-order valence-corrected chi connectivity index (χ0v) is 17.9. The van der Waals surface area contributed by atoms with Gasteiger partial charge in [-0.3, -0.25) is 4.79 Å². The Labute approximate surface area is 168 Å². The lowest BCUT2D eigenvalue weighted by atomic mass is 10.1. The second kappa shape index (κ2) is 10.6. The number of hydrogen-bond donors (Lipinski definition) is 3. The molecule has 27 heavy (non-hydrogen) atoms. The third-order valence-electron chi connectivity index (χ3n) is 4.95. The van der Waals surface area contributed by atoms with Crippen molar-refractivity contribution in [1.82, 2.24) is 10.6 Å². The maximum absolute atomic E-state index is 12.1. The van der Waals surface area contributed by atoms with Gasteiger partial charge in [0, 0.05) is 29.4 Å². The fourth-order valence-corrected chi connectivity index (χ4v) is 4.20. The zero-order chi connectivity index (χ0) is 19.7. The van der Waals surface area contributed by atoms with E-state index in [-0.39, 0.29) is 11.8 Å². The quantitative estimate of drug-likeness (QED) is 0.463. The topological polar surface area (TPSA) is 65.5 Å². The number of carbonyl (C=O) groups excluding carboxylic acids is 1. The van der Waals surface area contributed by atoms with Crippen molar-refractivity contribution in [1.29, 1.82) is 0 Å². The van der Waals surface area contributed by atoms with Gasteiger partial charge in [0.1, 0.15) is 0 Å². The summed E-state index contributed by atoms with van der Waals surface area (Å²) >= 11 is 2.05. The molecule has 1 aliphatic rings. The average molecular weight is 391 g/mol. The first-order chi connectivity index (χ1) is 13.0. The van der Waals surface area contributed by atoms with Crippen LogP contribution in [0, 0.1) is 5.92 Å². The van der Waals surface area contributed by atoms with Crippen LogP contribution < -0.4 is 16.0 Å². The highest BCUT2D eigenvalue weighted by atomic mass is 32.2. The summed E-state index contributed by atoms with van der Waals surface area (Å²) in [4.78, 5) is 16.8. The minimum absolute atomic E-state index is 0.0195. The minimum Gasteiger partial charge on any atom is -0.357 e. The van der Waals surface area contributed by atoms with Crippen LogP contribution >= 0.6 is 11.8 Å². The van der Waals surface area contributed by atoms with Crippen molar-refractivity contribution in [2.45, 2.75) is 58.2 Å². The molecule has 1 saturated heterocycles. The number of nitrogens with one attached hydrogen (secondary N) is 3. The van der Waals surface area contributed by atoms with E-state index >= 15 is 0 Å². The zero-order valence-electron chi connectivity index (χ0n) is 17.1. The van der Waals surface area contributed by atoms with Gasteiger partial charge in [0.2, 0.25) is 5.91 Å². The molecule has 2 atom stereocenters. The van der Waals surface area contributed by atoms with E-state index < -0.39 is 0 Å². The Balaban J connectivity index is 1.96. The van der Waals surface area contributed by atoms with E-state index in [1.807, 2.05) is 49.9 Å². The van der Waals surface area contributed by atoms with Crippen LogP contribution in [0.15, 0.2) is 29.3 Å². The summed E-state index contributed by atoms with van der Waals surface area (Å²) in [6.07, 6.45) is 3.39. The summed E-state index contributed by atoms with van der Waals surface area (Å²) in [5.41, 5.74) is 1.91. The second-order valence-electron chi connectivity index (χ2n) is 7.45. The monoisotopic (exact) mass is 390 g/mol. The molecule has 0 aromatic heterocycles. The van der Waals surface area contributed by atoms with E-state index in [1.54, 1.807) is 0 Å². The summed E-state index contributed by atoms with van der Waals surface area (Å²) in [6, 6.07) is 7.93. The Hall–Kier alpha value is -1.69. The van der Waals surface area contributed by atoms with Crippen molar-refractivity contribution in [3.8, 4) is 0 Å². The number of benzene rings is 1. The number of thioether (sulfide) groups is 1. The van der Waals surface area contributed by atoms with E-state index in [0.29, 0.717) is 11.3 Å². The van der Waals surface area contributed by atoms with E-state index in [9.17, 15) is 4.79 Å². The molecule has 1 aliphatic heterocycles. The SMILES string of the molecule is CCNC(=NCc1cccc(NC(=O)C(C)CC)c1)NCC1(C)CCCS1. The molecule has 1 amide bonds.